The molecule has 0 radical (unpaired) electrons. The van der Waals surface area contributed by atoms with E-state index in [4.69, 9.17) is 13.0 Å². The van der Waals surface area contributed by atoms with Gasteiger partial charge in [-0.2, -0.15) is 0 Å². The summed E-state index contributed by atoms with van der Waals surface area (Å²) >= 11 is 5.86. The van der Waals surface area contributed by atoms with E-state index in [1.165, 1.54) is 6.07 Å². The first-order valence-corrected chi connectivity index (χ1v) is 4.05. The second-order valence-corrected chi connectivity index (χ2v) is 3.08. The van der Waals surface area contributed by atoms with Crippen LogP contribution in [0.15, 0.2) is 18.2 Å². The first kappa shape index (κ1) is 8.53. The SMILES string of the molecule is [2H]OC(=O)C(O)c1cccc(C)c1Cl. The molecule has 0 aliphatic rings. The van der Waals surface area contributed by atoms with Gasteiger partial charge in [0.1, 0.15) is 0 Å². The minimum absolute atomic E-state index is 0.254. The monoisotopic (exact) mass is 201 g/mol. The summed E-state index contributed by atoms with van der Waals surface area (Å²) in [5.74, 6) is -1.04. The van der Waals surface area contributed by atoms with Crippen LogP contribution in [0.25, 0.3) is 1.43 Å². The van der Waals surface area contributed by atoms with Crippen LogP contribution >= 0.6 is 11.6 Å². The second kappa shape index (κ2) is 3.77. The highest BCUT2D eigenvalue weighted by Crippen LogP contribution is 2.25. The van der Waals surface area contributed by atoms with Crippen molar-refractivity contribution in [1.29, 1.82) is 1.43 Å². The van der Waals surface area contributed by atoms with Crippen molar-refractivity contribution in [2.24, 2.45) is 0 Å². The Morgan fingerprint density at radius 2 is 2.38 bits per heavy atom. The number of benzene rings is 1. The molecule has 13 heavy (non-hydrogen) atoms. The van der Waals surface area contributed by atoms with Gasteiger partial charge in [-0.1, -0.05) is 29.8 Å². The first-order valence-electron chi connectivity index (χ1n) is 4.09. The maximum atomic E-state index is 10.9. The molecule has 0 aliphatic heterocycles. The number of carboxylic acids is 1. The maximum Gasteiger partial charge on any atom is 0.337 e. The molecule has 1 unspecified atom stereocenters. The van der Waals surface area contributed by atoms with E-state index in [0.29, 0.717) is 5.02 Å². The van der Waals surface area contributed by atoms with Crippen molar-refractivity contribution in [2.45, 2.75) is 13.0 Å². The lowest BCUT2D eigenvalue weighted by Crippen LogP contribution is -2.11. The molecule has 0 saturated heterocycles. The minimum atomic E-state index is -1.50. The zero-order valence-electron chi connectivity index (χ0n) is 7.95. The van der Waals surface area contributed by atoms with Gasteiger partial charge < -0.3 is 10.2 Å². The van der Waals surface area contributed by atoms with Crippen LogP contribution in [0, 0.1) is 6.92 Å². The Morgan fingerprint density at radius 3 is 3.00 bits per heavy atom. The third-order valence-electron chi connectivity index (χ3n) is 1.74. The van der Waals surface area contributed by atoms with Crippen molar-refractivity contribution in [1.82, 2.24) is 0 Å². The Bertz CT molecular complexity index is 354. The van der Waals surface area contributed by atoms with E-state index >= 15 is 0 Å². The molecule has 1 atom stereocenters. The molecule has 0 aliphatic carbocycles. The number of rotatable bonds is 2. The molecule has 0 fully saturated rings. The Balaban J connectivity index is 3.07. The van der Waals surface area contributed by atoms with Gasteiger partial charge in [0.05, 0.1) is 0 Å². The molecular weight excluding hydrogens is 192 g/mol. The maximum absolute atomic E-state index is 10.9. The predicted molar refractivity (Wildman–Crippen MR) is 48.8 cm³/mol. The third kappa shape index (κ3) is 1.99. The molecular formula is C9H9ClO3. The van der Waals surface area contributed by atoms with Gasteiger partial charge >= 0.3 is 5.97 Å². The molecule has 3 nitrogen and oxygen atoms in total. The third-order valence-corrected chi connectivity index (χ3v) is 2.26. The fourth-order valence-electron chi connectivity index (χ4n) is 1.01. The van der Waals surface area contributed by atoms with Gasteiger partial charge in [0.2, 0.25) is 0 Å². The Labute approximate surface area is 82.1 Å². The lowest BCUT2D eigenvalue weighted by atomic mass is 10.1. The Morgan fingerprint density at radius 1 is 1.69 bits per heavy atom. The zero-order chi connectivity index (χ0) is 10.7. The molecule has 1 rings (SSSR count). The van der Waals surface area contributed by atoms with Gasteiger partial charge in [0, 0.05) is 10.6 Å². The summed E-state index contributed by atoms with van der Waals surface area (Å²) < 4.78 is 6.36. The average Bonchev–Trinajstić information content (AvgIpc) is 2.20. The predicted octanol–water partition coefficient (Wildman–Crippen LogP) is 1.77. The average molecular weight is 202 g/mol. The molecule has 0 heterocycles. The highest BCUT2D eigenvalue weighted by Gasteiger charge is 2.19. The van der Waals surface area contributed by atoms with Crippen molar-refractivity contribution in [3.05, 3.63) is 34.3 Å². The van der Waals surface area contributed by atoms with Gasteiger partial charge in [0.15, 0.2) is 6.10 Å². The standard InChI is InChI=1S/C9H9ClO3/c1-5-3-2-4-6(7(5)10)8(11)9(12)13/h2-4,8,11H,1H3,(H,12,13)/i/hD. The van der Waals surface area contributed by atoms with Gasteiger partial charge in [-0.3, -0.25) is 0 Å². The van der Waals surface area contributed by atoms with Gasteiger partial charge in [-0.05, 0) is 12.5 Å². The number of aliphatic carboxylic acids is 1. The molecule has 0 saturated carbocycles. The van der Waals surface area contributed by atoms with Crippen LogP contribution in [0.5, 0.6) is 0 Å². The molecule has 0 amide bonds. The summed E-state index contributed by atoms with van der Waals surface area (Å²) in [6.45, 7) is 1.75. The molecule has 0 spiro atoms. The Hall–Kier alpha value is -1.06. The largest absolute Gasteiger partial charge is 0.479 e. The second-order valence-electron chi connectivity index (χ2n) is 2.70. The summed E-state index contributed by atoms with van der Waals surface area (Å²) in [4.78, 5) is 10.9. The van der Waals surface area contributed by atoms with E-state index in [0.717, 1.165) is 5.56 Å². The first-order chi connectivity index (χ1) is 6.57. The van der Waals surface area contributed by atoms with Crippen molar-refractivity contribution in [3.63, 3.8) is 0 Å². The van der Waals surface area contributed by atoms with Crippen molar-refractivity contribution < 1.29 is 15.0 Å². The van der Waals surface area contributed by atoms with Crippen molar-refractivity contribution in [3.8, 4) is 0 Å². The number of hydrogen-bond donors (Lipinski definition) is 2. The summed E-state index contributed by atoms with van der Waals surface area (Å²) in [6.07, 6.45) is -1.50. The van der Waals surface area contributed by atoms with Gasteiger partial charge in [0.25, 0.3) is 1.43 Å². The molecule has 4 heteroatoms. The fourth-order valence-corrected chi connectivity index (χ4v) is 1.24. The van der Waals surface area contributed by atoms with E-state index in [1.807, 2.05) is 0 Å². The van der Waals surface area contributed by atoms with Crippen LogP contribution in [0.2, 0.25) is 5.02 Å². The number of carboxylic acid groups (broad SMARTS) is 1. The van der Waals surface area contributed by atoms with Crippen molar-refractivity contribution >= 4 is 17.6 Å². The molecule has 1 aromatic carbocycles. The van der Waals surface area contributed by atoms with Crippen molar-refractivity contribution in [2.75, 3.05) is 0 Å². The molecule has 0 aromatic heterocycles. The quantitative estimate of drug-likeness (QED) is 0.767. The zero-order valence-corrected chi connectivity index (χ0v) is 7.71. The van der Waals surface area contributed by atoms with E-state index in [9.17, 15) is 9.90 Å². The summed E-state index contributed by atoms with van der Waals surface area (Å²) in [6, 6.07) is 4.93. The highest BCUT2D eigenvalue weighted by molar-refractivity contribution is 6.32. The lowest BCUT2D eigenvalue weighted by Gasteiger charge is -2.09. The number of hydrogen-bond acceptors (Lipinski definition) is 3. The van der Waals surface area contributed by atoms with E-state index in [2.05, 4.69) is 5.11 Å². The van der Waals surface area contributed by atoms with Crippen LogP contribution in [0.3, 0.4) is 0 Å². The minimum Gasteiger partial charge on any atom is -0.479 e. The van der Waals surface area contributed by atoms with E-state index in [-0.39, 0.29) is 5.56 Å². The van der Waals surface area contributed by atoms with Crippen LogP contribution in [-0.4, -0.2) is 16.2 Å². The number of halogens is 1. The number of carbonyl (C=O) groups is 1. The summed E-state index contributed by atoms with van der Waals surface area (Å²) in [5, 5.41) is 13.4. The number of aliphatic hydroxyl groups excluding tert-OH is 1. The number of aliphatic hydroxyl groups is 1. The van der Waals surface area contributed by atoms with Gasteiger partial charge in [-0.15, -0.1) is 0 Å². The van der Waals surface area contributed by atoms with Crippen LogP contribution in [0.1, 0.15) is 17.2 Å². The highest BCUT2D eigenvalue weighted by atomic mass is 35.5. The molecule has 70 valence electrons. The van der Waals surface area contributed by atoms with E-state index < -0.39 is 12.1 Å². The summed E-state index contributed by atoms with van der Waals surface area (Å²) in [7, 11) is 0. The fraction of sp³-hybridized carbons (Fsp3) is 0.222. The Kier molecular flexibility index (Phi) is 2.47. The molecule has 2 N–H and O–H groups in total. The van der Waals surface area contributed by atoms with Crippen LogP contribution in [0.4, 0.5) is 0 Å². The molecule has 1 aromatic rings. The lowest BCUT2D eigenvalue weighted by molar-refractivity contribution is -0.146. The smallest absolute Gasteiger partial charge is 0.337 e. The van der Waals surface area contributed by atoms with Gasteiger partial charge in [-0.25, -0.2) is 4.79 Å². The van der Waals surface area contributed by atoms with Crippen LogP contribution < -0.4 is 0 Å². The normalized spacial score (nSPS) is 13.3. The molecule has 0 bridgehead atoms. The van der Waals surface area contributed by atoms with E-state index in [1.54, 1.807) is 19.1 Å². The van der Waals surface area contributed by atoms with Crippen LogP contribution in [-0.2, 0) is 4.79 Å². The summed E-state index contributed by atoms with van der Waals surface area (Å²) in [5.41, 5.74) is 1.00. The number of aryl methyl sites for hydroxylation is 1. The topological polar surface area (TPSA) is 57.5 Å².